The van der Waals surface area contributed by atoms with E-state index in [1.165, 1.54) is 14.7 Å². The number of ether oxygens (including phenoxy) is 1. The van der Waals surface area contributed by atoms with Gasteiger partial charge in [0.1, 0.15) is 5.75 Å². The molecule has 2 nitrogen and oxygen atoms in total. The molecular weight excluding hydrogens is 441 g/mol. The Morgan fingerprint density at radius 3 is 2.52 bits per heavy atom. The van der Waals surface area contributed by atoms with E-state index in [0.717, 1.165) is 23.2 Å². The molecule has 0 heterocycles. The quantitative estimate of drug-likeness (QED) is 0.616. The molecular formula is C17H19BrINO. The van der Waals surface area contributed by atoms with Crippen LogP contribution in [-0.2, 0) is 6.42 Å². The van der Waals surface area contributed by atoms with Crippen molar-refractivity contribution in [2.24, 2.45) is 0 Å². The van der Waals surface area contributed by atoms with Gasteiger partial charge < -0.3 is 10.1 Å². The second-order valence-corrected chi connectivity index (χ2v) is 6.98. The smallest absolute Gasteiger partial charge is 0.122 e. The molecule has 0 amide bonds. The first-order valence-corrected chi connectivity index (χ1v) is 8.82. The van der Waals surface area contributed by atoms with E-state index in [-0.39, 0.29) is 6.04 Å². The van der Waals surface area contributed by atoms with Crippen molar-refractivity contribution in [3.63, 3.8) is 0 Å². The minimum Gasteiger partial charge on any atom is -0.496 e. The fourth-order valence-corrected chi connectivity index (χ4v) is 3.14. The van der Waals surface area contributed by atoms with Crippen molar-refractivity contribution in [2.45, 2.75) is 19.4 Å². The Kier molecular flexibility index (Phi) is 6.51. The SMILES string of the molecule is CCNC(Cc1cc(Br)ccc1OC)c1ccc(I)cc1. The van der Waals surface area contributed by atoms with Gasteiger partial charge in [0.15, 0.2) is 0 Å². The molecule has 0 aliphatic heterocycles. The third-order valence-corrected chi connectivity index (χ3v) is 4.60. The molecule has 2 aromatic rings. The monoisotopic (exact) mass is 459 g/mol. The summed E-state index contributed by atoms with van der Waals surface area (Å²) in [6.45, 7) is 3.07. The second kappa shape index (κ2) is 8.15. The fourth-order valence-electron chi connectivity index (χ4n) is 2.38. The molecule has 1 atom stereocenters. The zero-order valence-corrected chi connectivity index (χ0v) is 15.9. The van der Waals surface area contributed by atoms with Crippen LogP contribution in [0.5, 0.6) is 5.75 Å². The Balaban J connectivity index is 2.27. The van der Waals surface area contributed by atoms with E-state index >= 15 is 0 Å². The molecule has 4 heteroatoms. The van der Waals surface area contributed by atoms with Crippen LogP contribution in [-0.4, -0.2) is 13.7 Å². The number of hydrogen-bond donors (Lipinski definition) is 1. The summed E-state index contributed by atoms with van der Waals surface area (Å²) < 4.78 is 7.82. The molecule has 0 fully saturated rings. The lowest BCUT2D eigenvalue weighted by molar-refractivity contribution is 0.405. The molecule has 0 aliphatic carbocycles. The van der Waals surface area contributed by atoms with Crippen molar-refractivity contribution in [1.29, 1.82) is 0 Å². The Bertz CT molecular complexity index is 586. The molecule has 2 rings (SSSR count). The third kappa shape index (κ3) is 4.69. The normalized spacial score (nSPS) is 12.2. The van der Waals surface area contributed by atoms with E-state index in [1.54, 1.807) is 7.11 Å². The molecule has 0 saturated heterocycles. The summed E-state index contributed by atoms with van der Waals surface area (Å²) in [6, 6.07) is 15.1. The first-order chi connectivity index (χ1) is 10.1. The van der Waals surface area contributed by atoms with Crippen LogP contribution in [0.2, 0.25) is 0 Å². The summed E-state index contributed by atoms with van der Waals surface area (Å²) >= 11 is 5.88. The van der Waals surface area contributed by atoms with Crippen molar-refractivity contribution in [3.8, 4) is 5.75 Å². The van der Waals surface area contributed by atoms with Gasteiger partial charge in [0, 0.05) is 14.1 Å². The van der Waals surface area contributed by atoms with E-state index in [0.29, 0.717) is 0 Å². The van der Waals surface area contributed by atoms with Crippen molar-refractivity contribution < 1.29 is 4.74 Å². The van der Waals surface area contributed by atoms with Crippen LogP contribution in [0.25, 0.3) is 0 Å². The molecule has 1 N–H and O–H groups in total. The lowest BCUT2D eigenvalue weighted by Crippen LogP contribution is -2.23. The maximum atomic E-state index is 5.48. The van der Waals surface area contributed by atoms with E-state index in [2.05, 4.69) is 81.1 Å². The highest BCUT2D eigenvalue weighted by atomic mass is 127. The third-order valence-electron chi connectivity index (χ3n) is 3.39. The topological polar surface area (TPSA) is 21.3 Å². The summed E-state index contributed by atoms with van der Waals surface area (Å²) in [5, 5.41) is 3.56. The minimum absolute atomic E-state index is 0.287. The molecule has 0 aromatic heterocycles. The van der Waals surface area contributed by atoms with Gasteiger partial charge in [-0.05, 0) is 77.0 Å². The van der Waals surface area contributed by atoms with Gasteiger partial charge in [-0.1, -0.05) is 35.0 Å². The number of nitrogens with one attached hydrogen (secondary N) is 1. The molecule has 112 valence electrons. The van der Waals surface area contributed by atoms with E-state index in [4.69, 9.17) is 4.74 Å². The van der Waals surface area contributed by atoms with Crippen LogP contribution in [0.15, 0.2) is 46.9 Å². The Morgan fingerprint density at radius 1 is 1.19 bits per heavy atom. The van der Waals surface area contributed by atoms with Gasteiger partial charge in [-0.3, -0.25) is 0 Å². The van der Waals surface area contributed by atoms with Gasteiger partial charge in [-0.15, -0.1) is 0 Å². The van der Waals surface area contributed by atoms with Crippen molar-refractivity contribution in [2.75, 3.05) is 13.7 Å². The molecule has 21 heavy (non-hydrogen) atoms. The number of benzene rings is 2. The molecule has 1 unspecified atom stereocenters. The maximum absolute atomic E-state index is 5.48. The fraction of sp³-hybridized carbons (Fsp3) is 0.294. The van der Waals surface area contributed by atoms with Gasteiger partial charge in [0.25, 0.3) is 0 Å². The van der Waals surface area contributed by atoms with Crippen molar-refractivity contribution >= 4 is 38.5 Å². The number of halogens is 2. The highest BCUT2D eigenvalue weighted by Crippen LogP contribution is 2.28. The predicted molar refractivity (Wildman–Crippen MR) is 100.0 cm³/mol. The Labute approximate surface area is 148 Å². The number of likely N-dealkylation sites (N-methyl/N-ethyl adjacent to an activating group) is 1. The number of rotatable bonds is 6. The largest absolute Gasteiger partial charge is 0.496 e. The van der Waals surface area contributed by atoms with Crippen LogP contribution in [0.4, 0.5) is 0 Å². The highest BCUT2D eigenvalue weighted by Gasteiger charge is 2.14. The average molecular weight is 460 g/mol. The summed E-state index contributed by atoms with van der Waals surface area (Å²) in [6.07, 6.45) is 0.900. The predicted octanol–water partition coefficient (Wildman–Crippen LogP) is 4.96. The van der Waals surface area contributed by atoms with E-state index in [9.17, 15) is 0 Å². The highest BCUT2D eigenvalue weighted by molar-refractivity contribution is 14.1. The van der Waals surface area contributed by atoms with Gasteiger partial charge in [-0.25, -0.2) is 0 Å². The molecule has 2 aromatic carbocycles. The standard InChI is InChI=1S/C17H19BrINO/c1-3-20-16(12-4-7-15(19)8-5-12)11-13-10-14(18)6-9-17(13)21-2/h4-10,16,20H,3,11H2,1-2H3. The van der Waals surface area contributed by atoms with Crippen molar-refractivity contribution in [1.82, 2.24) is 5.32 Å². The summed E-state index contributed by atoms with van der Waals surface area (Å²) in [5.74, 6) is 0.937. The van der Waals surface area contributed by atoms with Crippen molar-refractivity contribution in [3.05, 3.63) is 61.6 Å². The summed E-state index contributed by atoms with van der Waals surface area (Å²) in [4.78, 5) is 0. The molecule has 0 radical (unpaired) electrons. The van der Waals surface area contributed by atoms with Crippen LogP contribution in [0.1, 0.15) is 24.1 Å². The second-order valence-electron chi connectivity index (χ2n) is 4.82. The Hall–Kier alpha value is -0.590. The van der Waals surface area contributed by atoms with Gasteiger partial charge in [-0.2, -0.15) is 0 Å². The van der Waals surface area contributed by atoms with E-state index < -0.39 is 0 Å². The molecule has 0 bridgehead atoms. The first-order valence-electron chi connectivity index (χ1n) is 6.95. The summed E-state index contributed by atoms with van der Waals surface area (Å²) in [7, 11) is 1.72. The number of hydrogen-bond acceptors (Lipinski definition) is 2. The molecule has 0 saturated carbocycles. The van der Waals surface area contributed by atoms with Gasteiger partial charge >= 0.3 is 0 Å². The van der Waals surface area contributed by atoms with Gasteiger partial charge in [0.05, 0.1) is 7.11 Å². The van der Waals surface area contributed by atoms with E-state index in [1.807, 2.05) is 12.1 Å². The maximum Gasteiger partial charge on any atom is 0.122 e. The zero-order chi connectivity index (χ0) is 15.2. The molecule has 0 spiro atoms. The lowest BCUT2D eigenvalue weighted by Gasteiger charge is -2.20. The number of methoxy groups -OCH3 is 1. The lowest BCUT2D eigenvalue weighted by atomic mass is 9.98. The average Bonchev–Trinajstić information content (AvgIpc) is 2.48. The zero-order valence-electron chi connectivity index (χ0n) is 12.2. The van der Waals surface area contributed by atoms with Crippen LogP contribution < -0.4 is 10.1 Å². The molecule has 0 aliphatic rings. The first kappa shape index (κ1) is 16.8. The minimum atomic E-state index is 0.287. The van der Waals surface area contributed by atoms with Crippen LogP contribution >= 0.6 is 38.5 Å². The van der Waals surface area contributed by atoms with Gasteiger partial charge in [0.2, 0.25) is 0 Å². The Morgan fingerprint density at radius 2 is 1.90 bits per heavy atom. The summed E-state index contributed by atoms with van der Waals surface area (Å²) in [5.41, 5.74) is 2.51. The van der Waals surface area contributed by atoms with Crippen LogP contribution in [0.3, 0.4) is 0 Å². The van der Waals surface area contributed by atoms with Crippen LogP contribution in [0, 0.1) is 3.57 Å².